The Morgan fingerprint density at radius 3 is 1.83 bits per heavy atom. The largest absolute Gasteiger partial charge is 0.378 e. The fourth-order valence-electron chi connectivity index (χ4n) is 4.40. The lowest BCUT2D eigenvalue weighted by molar-refractivity contribution is -0.00694. The first-order valence-electron chi connectivity index (χ1n) is 10.4. The molecule has 1 aliphatic heterocycles. The van der Waals surface area contributed by atoms with Crippen LogP contribution in [0.2, 0.25) is 0 Å². The molecular formula is C23H36O. The van der Waals surface area contributed by atoms with Crippen LogP contribution in [0.15, 0.2) is 24.3 Å². The van der Waals surface area contributed by atoms with Gasteiger partial charge < -0.3 is 4.74 Å². The summed E-state index contributed by atoms with van der Waals surface area (Å²) < 4.78 is 5.79. The van der Waals surface area contributed by atoms with Crippen molar-refractivity contribution in [3.63, 3.8) is 0 Å². The monoisotopic (exact) mass is 328 g/mol. The molecule has 0 amide bonds. The van der Waals surface area contributed by atoms with Crippen molar-refractivity contribution in [3.8, 4) is 0 Å². The van der Waals surface area contributed by atoms with E-state index >= 15 is 0 Å². The van der Waals surface area contributed by atoms with Gasteiger partial charge in [-0.15, -0.1) is 0 Å². The predicted molar refractivity (Wildman–Crippen MR) is 102 cm³/mol. The number of hydrogen-bond donors (Lipinski definition) is 0. The Hall–Kier alpha value is -0.820. The van der Waals surface area contributed by atoms with Gasteiger partial charge in [0.25, 0.3) is 0 Å². The minimum Gasteiger partial charge on any atom is -0.378 e. The minimum atomic E-state index is 0.480. The van der Waals surface area contributed by atoms with E-state index in [-0.39, 0.29) is 0 Å². The Morgan fingerprint density at radius 2 is 1.29 bits per heavy atom. The first kappa shape index (κ1) is 18.0. The lowest BCUT2D eigenvalue weighted by Gasteiger charge is -2.26. The molecule has 2 fully saturated rings. The van der Waals surface area contributed by atoms with E-state index in [4.69, 9.17) is 4.74 Å². The van der Waals surface area contributed by atoms with Crippen LogP contribution in [0.1, 0.15) is 76.3 Å². The molecule has 134 valence electrons. The van der Waals surface area contributed by atoms with Crippen LogP contribution in [-0.4, -0.2) is 12.7 Å². The Morgan fingerprint density at radius 1 is 0.750 bits per heavy atom. The van der Waals surface area contributed by atoms with E-state index < -0.39 is 0 Å². The predicted octanol–water partition coefficient (Wildman–Crippen LogP) is 6.19. The third kappa shape index (κ3) is 5.62. The van der Waals surface area contributed by atoms with Crippen LogP contribution in [0.25, 0.3) is 0 Å². The molecule has 0 aromatic heterocycles. The van der Waals surface area contributed by atoms with Crippen LogP contribution in [0, 0.1) is 17.8 Å². The van der Waals surface area contributed by atoms with Gasteiger partial charge in [0.2, 0.25) is 0 Å². The highest BCUT2D eigenvalue weighted by atomic mass is 16.5. The average Bonchev–Trinajstić information content (AvgIpc) is 2.62. The van der Waals surface area contributed by atoms with Gasteiger partial charge in [0.1, 0.15) is 0 Å². The van der Waals surface area contributed by atoms with Crippen LogP contribution < -0.4 is 0 Å². The summed E-state index contributed by atoms with van der Waals surface area (Å²) in [7, 11) is 0. The summed E-state index contributed by atoms with van der Waals surface area (Å²) in [5.74, 6) is 2.72. The van der Waals surface area contributed by atoms with Crippen LogP contribution >= 0.6 is 0 Å². The molecule has 1 nitrogen and oxygen atoms in total. The van der Waals surface area contributed by atoms with Gasteiger partial charge in [-0.3, -0.25) is 0 Å². The molecule has 2 unspecified atom stereocenters. The fourth-order valence-corrected chi connectivity index (χ4v) is 4.40. The second-order valence-corrected chi connectivity index (χ2v) is 8.61. The average molecular weight is 329 g/mol. The summed E-state index contributed by atoms with van der Waals surface area (Å²) >= 11 is 0. The highest BCUT2D eigenvalue weighted by Gasteiger charge is 2.19. The van der Waals surface area contributed by atoms with Crippen LogP contribution in [0.5, 0.6) is 0 Å². The van der Waals surface area contributed by atoms with Gasteiger partial charge in [-0.2, -0.15) is 0 Å². The Balaban J connectivity index is 1.37. The van der Waals surface area contributed by atoms with Gasteiger partial charge >= 0.3 is 0 Å². The van der Waals surface area contributed by atoms with E-state index in [9.17, 15) is 0 Å². The van der Waals surface area contributed by atoms with E-state index in [0.29, 0.717) is 6.10 Å². The summed E-state index contributed by atoms with van der Waals surface area (Å²) in [4.78, 5) is 0. The molecule has 1 saturated carbocycles. The topological polar surface area (TPSA) is 9.23 Å². The molecule has 0 spiro atoms. The van der Waals surface area contributed by atoms with Crippen molar-refractivity contribution < 1.29 is 4.74 Å². The van der Waals surface area contributed by atoms with Crippen molar-refractivity contribution >= 4 is 0 Å². The normalized spacial score (nSPS) is 31.1. The Kier molecular flexibility index (Phi) is 6.77. The molecular weight excluding hydrogens is 292 g/mol. The van der Waals surface area contributed by atoms with E-state index in [2.05, 4.69) is 38.1 Å². The second kappa shape index (κ2) is 9.04. The highest BCUT2D eigenvalue weighted by molar-refractivity contribution is 5.22. The maximum atomic E-state index is 5.79. The van der Waals surface area contributed by atoms with Gasteiger partial charge in [-0.25, -0.2) is 0 Å². The van der Waals surface area contributed by atoms with Gasteiger partial charge in [-0.05, 0) is 74.3 Å². The molecule has 2 aliphatic rings. The summed E-state index contributed by atoms with van der Waals surface area (Å²) in [6.07, 6.45) is 14.0. The smallest absolute Gasteiger partial charge is 0.0547 e. The lowest BCUT2D eigenvalue weighted by atomic mass is 9.80. The SMILES string of the molecule is CC1CCC(CCc2ccc(CCC3CCC(C)OC3)cc2)CC1. The molecule has 0 bridgehead atoms. The molecule has 1 aromatic carbocycles. The maximum Gasteiger partial charge on any atom is 0.0547 e. The van der Waals surface area contributed by atoms with Crippen molar-refractivity contribution in [1.82, 2.24) is 0 Å². The van der Waals surface area contributed by atoms with Crippen LogP contribution in [0.4, 0.5) is 0 Å². The molecule has 0 N–H and O–H groups in total. The molecule has 1 aliphatic carbocycles. The Bertz CT molecular complexity index is 416. The molecule has 1 aromatic rings. The van der Waals surface area contributed by atoms with Gasteiger partial charge in [0.05, 0.1) is 6.10 Å². The molecule has 24 heavy (non-hydrogen) atoms. The van der Waals surface area contributed by atoms with E-state index in [0.717, 1.165) is 24.4 Å². The van der Waals surface area contributed by atoms with Crippen LogP contribution in [-0.2, 0) is 17.6 Å². The minimum absolute atomic E-state index is 0.480. The summed E-state index contributed by atoms with van der Waals surface area (Å²) in [5.41, 5.74) is 3.04. The number of ether oxygens (including phenoxy) is 1. The molecule has 1 heterocycles. The fraction of sp³-hybridized carbons (Fsp3) is 0.739. The van der Waals surface area contributed by atoms with Gasteiger partial charge in [0.15, 0.2) is 0 Å². The Labute approximate surface area is 149 Å². The van der Waals surface area contributed by atoms with E-state index in [1.165, 1.54) is 75.3 Å². The standard InChI is InChI=1S/C23H36O/c1-18-3-6-20(7-4-18)9-10-21-11-13-22(14-12-21)15-16-23-8-5-19(2)24-17-23/h11-14,18-20,23H,3-10,15-17H2,1-2H3. The van der Waals surface area contributed by atoms with Crippen molar-refractivity contribution in [2.75, 3.05) is 6.61 Å². The van der Waals surface area contributed by atoms with Crippen LogP contribution in [0.3, 0.4) is 0 Å². The van der Waals surface area contributed by atoms with Crippen molar-refractivity contribution in [2.24, 2.45) is 17.8 Å². The zero-order valence-electron chi connectivity index (χ0n) is 15.8. The molecule has 3 rings (SSSR count). The molecule has 1 saturated heterocycles. The third-order valence-electron chi connectivity index (χ3n) is 6.44. The van der Waals surface area contributed by atoms with Crippen molar-refractivity contribution in [2.45, 2.75) is 84.2 Å². The maximum absolute atomic E-state index is 5.79. The van der Waals surface area contributed by atoms with Crippen molar-refractivity contribution in [1.29, 1.82) is 0 Å². The molecule has 0 radical (unpaired) electrons. The second-order valence-electron chi connectivity index (χ2n) is 8.61. The number of aryl methyl sites for hydroxylation is 2. The summed E-state index contributed by atoms with van der Waals surface area (Å²) in [6.45, 7) is 5.58. The quantitative estimate of drug-likeness (QED) is 0.604. The first-order chi connectivity index (χ1) is 11.7. The van der Waals surface area contributed by atoms with E-state index in [1.807, 2.05) is 0 Å². The van der Waals surface area contributed by atoms with Gasteiger partial charge in [0, 0.05) is 6.61 Å². The molecule has 1 heteroatoms. The number of rotatable bonds is 6. The van der Waals surface area contributed by atoms with Crippen molar-refractivity contribution in [3.05, 3.63) is 35.4 Å². The zero-order valence-corrected chi connectivity index (χ0v) is 15.8. The lowest BCUT2D eigenvalue weighted by Crippen LogP contribution is -2.23. The third-order valence-corrected chi connectivity index (χ3v) is 6.44. The number of benzene rings is 1. The first-order valence-corrected chi connectivity index (χ1v) is 10.4. The van der Waals surface area contributed by atoms with Gasteiger partial charge in [-0.1, -0.05) is 56.9 Å². The summed E-state index contributed by atoms with van der Waals surface area (Å²) in [5, 5.41) is 0. The summed E-state index contributed by atoms with van der Waals surface area (Å²) in [6, 6.07) is 9.48. The zero-order chi connectivity index (χ0) is 16.8. The van der Waals surface area contributed by atoms with E-state index in [1.54, 1.807) is 0 Å². The molecule has 2 atom stereocenters. The number of hydrogen-bond acceptors (Lipinski definition) is 1. The highest BCUT2D eigenvalue weighted by Crippen LogP contribution is 2.31.